The van der Waals surface area contributed by atoms with E-state index in [9.17, 15) is 19.8 Å². The van der Waals surface area contributed by atoms with E-state index in [0.717, 1.165) is 17.8 Å². The highest BCUT2D eigenvalue weighted by Crippen LogP contribution is 2.48. The van der Waals surface area contributed by atoms with Gasteiger partial charge in [-0.2, -0.15) is 0 Å². The number of aromatic nitrogens is 1. The number of Topliss-reactive ketones (excluding diaryl/α,β-unsaturated/α-hetero) is 1. The zero-order valence-electron chi connectivity index (χ0n) is 20.5. The first-order valence-electron chi connectivity index (χ1n) is 12.3. The maximum absolute atomic E-state index is 13.4. The number of aryl methyl sites for hydroxylation is 1. The molecule has 1 fully saturated rings. The number of ketones is 1. The Bertz CT molecular complexity index is 971. The molecule has 5 atom stereocenters. The van der Waals surface area contributed by atoms with E-state index in [1.54, 1.807) is 19.1 Å². The van der Waals surface area contributed by atoms with Crippen molar-refractivity contribution in [3.05, 3.63) is 32.2 Å². The summed E-state index contributed by atoms with van der Waals surface area (Å²) in [6.07, 6.45) is 4.48. The second-order valence-electron chi connectivity index (χ2n) is 9.93. The van der Waals surface area contributed by atoms with Crippen molar-refractivity contribution in [3.63, 3.8) is 0 Å². The third-order valence-electron chi connectivity index (χ3n) is 7.38. The van der Waals surface area contributed by atoms with Crippen LogP contribution in [0.25, 0.3) is 6.08 Å². The molecule has 1 saturated carbocycles. The van der Waals surface area contributed by atoms with E-state index >= 15 is 0 Å². The van der Waals surface area contributed by atoms with Crippen LogP contribution in [0, 0.1) is 24.2 Å². The Hall–Kier alpha value is -1.25. The van der Waals surface area contributed by atoms with Crippen LogP contribution in [0.5, 0.6) is 0 Å². The summed E-state index contributed by atoms with van der Waals surface area (Å²) in [6, 6.07) is 0. The van der Waals surface area contributed by atoms with E-state index in [0.29, 0.717) is 41.4 Å². The SMILES string of the molecule is Cc1nc(/C=C(\Cl)[C@@H]2C/C=C(/Cl)CCC[C@H](C)[C@H](O)[C@@H](C)C(=O)C3(CCC3)[C@@H](O)CC(=O)O2)cs1. The monoisotopic (exact) mass is 543 g/mol. The number of hydrogen-bond acceptors (Lipinski definition) is 7. The van der Waals surface area contributed by atoms with Gasteiger partial charge in [0.15, 0.2) is 0 Å². The quantitative estimate of drug-likeness (QED) is 0.460. The maximum Gasteiger partial charge on any atom is 0.309 e. The first-order valence-corrected chi connectivity index (χ1v) is 13.9. The molecular formula is C26H35Cl2NO5S. The fourth-order valence-corrected chi connectivity index (χ4v) is 6.00. The Morgan fingerprint density at radius 1 is 1.26 bits per heavy atom. The molecule has 0 saturated heterocycles. The molecule has 1 aromatic heterocycles. The Morgan fingerprint density at radius 2 is 1.97 bits per heavy atom. The van der Waals surface area contributed by atoms with Crippen LogP contribution in [0.3, 0.4) is 0 Å². The lowest BCUT2D eigenvalue weighted by molar-refractivity contribution is -0.161. The topological polar surface area (TPSA) is 96.7 Å². The number of rotatable bonds is 2. The molecule has 1 aliphatic carbocycles. The molecule has 2 N–H and O–H groups in total. The van der Waals surface area contributed by atoms with Gasteiger partial charge in [0.25, 0.3) is 0 Å². The number of cyclic esters (lactones) is 1. The van der Waals surface area contributed by atoms with Gasteiger partial charge in [-0.25, -0.2) is 4.98 Å². The normalized spacial score (nSPS) is 33.1. The number of hydrogen-bond donors (Lipinski definition) is 2. The zero-order valence-corrected chi connectivity index (χ0v) is 22.8. The van der Waals surface area contributed by atoms with Crippen molar-refractivity contribution >= 4 is 52.4 Å². The molecule has 194 valence electrons. The number of carbonyl (C=O) groups excluding carboxylic acids is 2. The Kier molecular flexibility index (Phi) is 9.98. The molecule has 1 spiro atoms. The zero-order chi connectivity index (χ0) is 25.8. The summed E-state index contributed by atoms with van der Waals surface area (Å²) in [5, 5.41) is 25.5. The summed E-state index contributed by atoms with van der Waals surface area (Å²) in [5.41, 5.74) is -0.344. The molecule has 1 aromatic rings. The lowest BCUT2D eigenvalue weighted by Crippen LogP contribution is -2.53. The summed E-state index contributed by atoms with van der Waals surface area (Å²) >= 11 is 14.5. The van der Waals surface area contributed by atoms with Crippen molar-refractivity contribution < 1.29 is 24.5 Å². The van der Waals surface area contributed by atoms with Crippen LogP contribution >= 0.6 is 34.5 Å². The molecular weight excluding hydrogens is 509 g/mol. The first-order chi connectivity index (χ1) is 16.5. The molecule has 9 heteroatoms. The number of aliphatic hydroxyl groups is 2. The van der Waals surface area contributed by atoms with Gasteiger partial charge in [-0.3, -0.25) is 9.59 Å². The molecule has 2 heterocycles. The van der Waals surface area contributed by atoms with Gasteiger partial charge in [0.2, 0.25) is 0 Å². The highest BCUT2D eigenvalue weighted by molar-refractivity contribution is 7.09. The van der Waals surface area contributed by atoms with Crippen molar-refractivity contribution in [2.45, 2.75) is 90.4 Å². The van der Waals surface area contributed by atoms with Crippen molar-refractivity contribution in [3.8, 4) is 0 Å². The van der Waals surface area contributed by atoms with E-state index in [2.05, 4.69) is 4.98 Å². The molecule has 0 unspecified atom stereocenters. The average Bonchev–Trinajstić information content (AvgIpc) is 3.18. The highest BCUT2D eigenvalue weighted by atomic mass is 35.5. The largest absolute Gasteiger partial charge is 0.456 e. The number of ether oxygens (including phenoxy) is 1. The number of halogens is 2. The maximum atomic E-state index is 13.4. The Morgan fingerprint density at radius 3 is 2.57 bits per heavy atom. The molecule has 1 aliphatic heterocycles. The molecule has 0 aromatic carbocycles. The number of esters is 1. The van der Waals surface area contributed by atoms with E-state index in [-0.39, 0.29) is 24.5 Å². The third kappa shape index (κ3) is 6.95. The van der Waals surface area contributed by atoms with Crippen molar-refractivity contribution in [1.82, 2.24) is 4.98 Å². The van der Waals surface area contributed by atoms with Crippen LogP contribution in [0.4, 0.5) is 0 Å². The average molecular weight is 545 g/mol. The smallest absolute Gasteiger partial charge is 0.309 e. The van der Waals surface area contributed by atoms with Gasteiger partial charge >= 0.3 is 5.97 Å². The van der Waals surface area contributed by atoms with E-state index in [4.69, 9.17) is 27.9 Å². The van der Waals surface area contributed by atoms with Crippen molar-refractivity contribution in [2.75, 3.05) is 0 Å². The molecule has 2 aliphatic rings. The molecule has 0 bridgehead atoms. The Balaban J connectivity index is 1.87. The Labute approximate surface area is 221 Å². The standard InChI is InChI=1S/C26H35Cl2NO5S/c1-15-6-4-7-18(27)8-9-21(20(28)12-19-14-35-17(3)29-19)34-23(31)13-22(30)26(10-5-11-26)25(33)16(2)24(15)32/h8,12,14-16,21-22,24,30,32H,4-7,9-11,13H2,1-3H3/b18-8+,20-12-/t15-,16+,21-,22-,24-/m0/s1. The third-order valence-corrected chi connectivity index (χ3v) is 8.86. The van der Waals surface area contributed by atoms with E-state index in [1.165, 1.54) is 11.3 Å². The van der Waals surface area contributed by atoms with Crippen LogP contribution in [0.15, 0.2) is 21.5 Å². The lowest BCUT2D eigenvalue weighted by atomic mass is 9.59. The molecule has 35 heavy (non-hydrogen) atoms. The molecule has 0 amide bonds. The minimum Gasteiger partial charge on any atom is -0.456 e. The minimum atomic E-state index is -1.18. The summed E-state index contributed by atoms with van der Waals surface area (Å²) in [7, 11) is 0. The predicted molar refractivity (Wildman–Crippen MR) is 139 cm³/mol. The van der Waals surface area contributed by atoms with Gasteiger partial charge in [0, 0.05) is 22.8 Å². The highest BCUT2D eigenvalue weighted by Gasteiger charge is 2.52. The summed E-state index contributed by atoms with van der Waals surface area (Å²) < 4.78 is 5.69. The minimum absolute atomic E-state index is 0.0998. The van der Waals surface area contributed by atoms with E-state index < -0.39 is 35.6 Å². The molecule has 3 rings (SSSR count). The number of allylic oxidation sites excluding steroid dienone is 1. The predicted octanol–water partition coefficient (Wildman–Crippen LogP) is 5.76. The summed E-state index contributed by atoms with van der Waals surface area (Å²) in [6.45, 7) is 5.53. The van der Waals surface area contributed by atoms with Gasteiger partial charge in [0.05, 0.1) is 39.8 Å². The first kappa shape index (κ1) is 28.3. The van der Waals surface area contributed by atoms with Gasteiger partial charge in [-0.05, 0) is 51.0 Å². The second kappa shape index (κ2) is 12.3. The van der Waals surface area contributed by atoms with Gasteiger partial charge < -0.3 is 14.9 Å². The molecule has 0 radical (unpaired) electrons. The number of carbonyl (C=O) groups is 2. The number of nitrogens with zero attached hydrogens (tertiary/aromatic N) is 1. The van der Waals surface area contributed by atoms with Gasteiger partial charge in [-0.15, -0.1) is 11.3 Å². The summed E-state index contributed by atoms with van der Waals surface area (Å²) in [5.74, 6) is -1.55. The summed E-state index contributed by atoms with van der Waals surface area (Å²) in [4.78, 5) is 30.7. The van der Waals surface area contributed by atoms with Crippen LogP contribution < -0.4 is 0 Å². The van der Waals surface area contributed by atoms with Crippen LogP contribution in [-0.4, -0.2) is 45.3 Å². The second-order valence-corrected chi connectivity index (χ2v) is 11.9. The van der Waals surface area contributed by atoms with Crippen LogP contribution in [-0.2, 0) is 14.3 Å². The fraction of sp³-hybridized carbons (Fsp3) is 0.654. The number of thiazole rings is 1. The van der Waals surface area contributed by atoms with Gasteiger partial charge in [-0.1, -0.05) is 49.5 Å². The molecule has 6 nitrogen and oxygen atoms in total. The van der Waals surface area contributed by atoms with Gasteiger partial charge in [0.1, 0.15) is 11.9 Å². The van der Waals surface area contributed by atoms with Crippen LogP contribution in [0.1, 0.15) is 75.9 Å². The van der Waals surface area contributed by atoms with Crippen molar-refractivity contribution in [2.24, 2.45) is 17.3 Å². The van der Waals surface area contributed by atoms with Crippen LogP contribution in [0.2, 0.25) is 0 Å². The van der Waals surface area contributed by atoms with E-state index in [1.807, 2.05) is 19.2 Å². The number of aliphatic hydroxyl groups excluding tert-OH is 2. The fourth-order valence-electron chi connectivity index (χ4n) is 4.96. The van der Waals surface area contributed by atoms with Crippen molar-refractivity contribution in [1.29, 1.82) is 0 Å². The lowest BCUT2D eigenvalue weighted by Gasteiger charge is -2.46.